The number of anilines is 2. The van der Waals surface area contributed by atoms with E-state index in [1.165, 1.54) is 0 Å². The van der Waals surface area contributed by atoms with Crippen LogP contribution in [0.2, 0.25) is 5.02 Å². The van der Waals surface area contributed by atoms with Gasteiger partial charge < -0.3 is 15.1 Å². The maximum atomic E-state index is 12.4. The summed E-state index contributed by atoms with van der Waals surface area (Å²) in [7, 11) is 0. The summed E-state index contributed by atoms with van der Waals surface area (Å²) in [4.78, 5) is 16.4. The molecule has 0 bridgehead atoms. The molecule has 2 aromatic carbocycles. The molecule has 0 unspecified atom stereocenters. The standard InChI is InChI=1S/C17H17BrClN3O/c18-15-6-1-2-7-16(15)20-17(23)22-10-8-21(9-11-22)14-5-3-4-13(19)12-14/h1-7,12H,8-11H2,(H,20,23). The van der Waals surface area contributed by atoms with E-state index in [9.17, 15) is 4.79 Å². The van der Waals surface area contributed by atoms with Gasteiger partial charge in [0.05, 0.1) is 5.69 Å². The minimum atomic E-state index is -0.0670. The number of benzene rings is 2. The Bertz CT molecular complexity index is 702. The van der Waals surface area contributed by atoms with E-state index < -0.39 is 0 Å². The molecular formula is C17H17BrClN3O. The quantitative estimate of drug-likeness (QED) is 0.816. The number of para-hydroxylation sites is 1. The molecule has 1 aliphatic heterocycles. The summed E-state index contributed by atoms with van der Waals surface area (Å²) < 4.78 is 0.880. The lowest BCUT2D eigenvalue weighted by Crippen LogP contribution is -2.50. The molecule has 3 rings (SSSR count). The van der Waals surface area contributed by atoms with Crippen molar-refractivity contribution in [2.75, 3.05) is 36.4 Å². The highest BCUT2D eigenvalue weighted by molar-refractivity contribution is 9.10. The van der Waals surface area contributed by atoms with Crippen LogP contribution in [0.5, 0.6) is 0 Å². The van der Waals surface area contributed by atoms with Gasteiger partial charge >= 0.3 is 6.03 Å². The Morgan fingerprint density at radius 3 is 2.48 bits per heavy atom. The zero-order valence-corrected chi connectivity index (χ0v) is 14.8. The number of rotatable bonds is 2. The Balaban J connectivity index is 1.58. The monoisotopic (exact) mass is 393 g/mol. The average Bonchev–Trinajstić information content (AvgIpc) is 2.57. The Morgan fingerprint density at radius 1 is 1.04 bits per heavy atom. The van der Waals surface area contributed by atoms with E-state index in [4.69, 9.17) is 11.6 Å². The Kier molecular flexibility index (Phi) is 5.08. The Labute approximate surface area is 149 Å². The maximum Gasteiger partial charge on any atom is 0.321 e. The number of amides is 2. The van der Waals surface area contributed by atoms with Crippen LogP contribution in [-0.2, 0) is 0 Å². The van der Waals surface area contributed by atoms with Gasteiger partial charge in [0.15, 0.2) is 0 Å². The lowest BCUT2D eigenvalue weighted by Gasteiger charge is -2.36. The molecular weight excluding hydrogens is 378 g/mol. The largest absolute Gasteiger partial charge is 0.368 e. The number of nitrogens with one attached hydrogen (secondary N) is 1. The number of carbonyl (C=O) groups excluding carboxylic acids is 1. The van der Waals surface area contributed by atoms with Gasteiger partial charge in [-0.25, -0.2) is 4.79 Å². The molecule has 23 heavy (non-hydrogen) atoms. The second-order valence-corrected chi connectivity index (χ2v) is 6.65. The van der Waals surface area contributed by atoms with E-state index >= 15 is 0 Å². The number of hydrogen-bond acceptors (Lipinski definition) is 2. The molecule has 2 aromatic rings. The van der Waals surface area contributed by atoms with Gasteiger partial charge in [-0.3, -0.25) is 0 Å². The van der Waals surface area contributed by atoms with Crippen molar-refractivity contribution >= 4 is 44.9 Å². The summed E-state index contributed by atoms with van der Waals surface area (Å²) in [5.74, 6) is 0. The highest BCUT2D eigenvalue weighted by Gasteiger charge is 2.21. The fourth-order valence-electron chi connectivity index (χ4n) is 2.60. The molecule has 2 amide bonds. The van der Waals surface area contributed by atoms with E-state index in [1.54, 1.807) is 0 Å². The molecule has 6 heteroatoms. The fourth-order valence-corrected chi connectivity index (χ4v) is 3.17. The van der Waals surface area contributed by atoms with E-state index in [-0.39, 0.29) is 6.03 Å². The SMILES string of the molecule is O=C(Nc1ccccc1Br)N1CCN(c2cccc(Cl)c2)CC1. The summed E-state index contributed by atoms with van der Waals surface area (Å²) in [6.07, 6.45) is 0. The van der Waals surface area contributed by atoms with Crippen molar-refractivity contribution in [2.24, 2.45) is 0 Å². The molecule has 1 N–H and O–H groups in total. The normalized spacial score (nSPS) is 14.7. The first-order valence-corrected chi connectivity index (χ1v) is 8.61. The topological polar surface area (TPSA) is 35.6 Å². The molecule has 1 saturated heterocycles. The van der Waals surface area contributed by atoms with E-state index in [0.717, 1.165) is 34.0 Å². The molecule has 1 heterocycles. The van der Waals surface area contributed by atoms with Crippen LogP contribution in [0, 0.1) is 0 Å². The van der Waals surface area contributed by atoms with Crippen molar-refractivity contribution in [2.45, 2.75) is 0 Å². The molecule has 0 spiro atoms. The van der Waals surface area contributed by atoms with E-state index in [1.807, 2.05) is 53.4 Å². The van der Waals surface area contributed by atoms with Crippen LogP contribution in [0.15, 0.2) is 53.0 Å². The smallest absolute Gasteiger partial charge is 0.321 e. The summed E-state index contributed by atoms with van der Waals surface area (Å²) in [6.45, 7) is 2.96. The molecule has 1 aliphatic rings. The van der Waals surface area contributed by atoms with Gasteiger partial charge in [-0.1, -0.05) is 29.8 Å². The van der Waals surface area contributed by atoms with E-state index in [0.29, 0.717) is 13.1 Å². The second-order valence-electron chi connectivity index (χ2n) is 5.36. The predicted octanol–water partition coefficient (Wildman–Crippen LogP) is 4.46. The number of nitrogens with zero attached hydrogens (tertiary/aromatic N) is 2. The second kappa shape index (κ2) is 7.23. The van der Waals surface area contributed by atoms with Crippen LogP contribution in [0.4, 0.5) is 16.2 Å². The number of urea groups is 1. The van der Waals surface area contributed by atoms with Crippen molar-refractivity contribution in [3.8, 4) is 0 Å². The van der Waals surface area contributed by atoms with Crippen molar-refractivity contribution < 1.29 is 4.79 Å². The molecule has 1 fully saturated rings. The minimum Gasteiger partial charge on any atom is -0.368 e. The van der Waals surface area contributed by atoms with Gasteiger partial charge in [0.1, 0.15) is 0 Å². The molecule has 0 saturated carbocycles. The number of carbonyl (C=O) groups is 1. The summed E-state index contributed by atoms with van der Waals surface area (Å²) in [6, 6.07) is 15.4. The van der Waals surface area contributed by atoms with Crippen molar-refractivity contribution in [3.63, 3.8) is 0 Å². The van der Waals surface area contributed by atoms with Crippen LogP contribution in [-0.4, -0.2) is 37.1 Å². The Hall–Kier alpha value is -1.72. The number of hydrogen-bond donors (Lipinski definition) is 1. The van der Waals surface area contributed by atoms with Gasteiger partial charge in [-0.15, -0.1) is 0 Å². The highest BCUT2D eigenvalue weighted by Crippen LogP contribution is 2.23. The summed E-state index contributed by atoms with van der Waals surface area (Å²) in [5, 5.41) is 3.68. The first-order chi connectivity index (χ1) is 11.1. The van der Waals surface area contributed by atoms with Crippen molar-refractivity contribution in [1.29, 1.82) is 0 Å². The predicted molar refractivity (Wildman–Crippen MR) is 98.4 cm³/mol. The van der Waals surface area contributed by atoms with Gasteiger partial charge in [0.2, 0.25) is 0 Å². The molecule has 0 aromatic heterocycles. The molecule has 0 atom stereocenters. The first-order valence-electron chi connectivity index (χ1n) is 7.44. The van der Waals surface area contributed by atoms with Crippen molar-refractivity contribution in [3.05, 3.63) is 58.0 Å². The summed E-state index contributed by atoms with van der Waals surface area (Å²) >= 11 is 9.48. The number of piperazine rings is 1. The zero-order chi connectivity index (χ0) is 16.2. The molecule has 120 valence electrons. The molecule has 4 nitrogen and oxygen atoms in total. The van der Waals surface area contributed by atoms with E-state index in [2.05, 4.69) is 26.1 Å². The van der Waals surface area contributed by atoms with Gasteiger partial charge in [0, 0.05) is 41.4 Å². The van der Waals surface area contributed by atoms with Crippen LogP contribution in [0.25, 0.3) is 0 Å². The highest BCUT2D eigenvalue weighted by atomic mass is 79.9. The lowest BCUT2D eigenvalue weighted by atomic mass is 10.2. The average molecular weight is 395 g/mol. The van der Waals surface area contributed by atoms with Crippen LogP contribution < -0.4 is 10.2 Å². The minimum absolute atomic E-state index is 0.0670. The third kappa shape index (κ3) is 3.98. The third-order valence-corrected chi connectivity index (χ3v) is 4.78. The van der Waals surface area contributed by atoms with Crippen LogP contribution in [0.1, 0.15) is 0 Å². The van der Waals surface area contributed by atoms with Gasteiger partial charge in [-0.05, 0) is 46.3 Å². The Morgan fingerprint density at radius 2 is 1.78 bits per heavy atom. The van der Waals surface area contributed by atoms with Crippen LogP contribution in [0.3, 0.4) is 0 Å². The summed E-state index contributed by atoms with van der Waals surface area (Å²) in [5.41, 5.74) is 1.89. The lowest BCUT2D eigenvalue weighted by molar-refractivity contribution is 0.208. The maximum absolute atomic E-state index is 12.4. The molecule has 0 radical (unpaired) electrons. The number of halogens is 2. The van der Waals surface area contributed by atoms with Crippen LogP contribution >= 0.6 is 27.5 Å². The van der Waals surface area contributed by atoms with Gasteiger partial charge in [-0.2, -0.15) is 0 Å². The third-order valence-electron chi connectivity index (χ3n) is 3.86. The molecule has 0 aliphatic carbocycles. The first kappa shape index (κ1) is 16.1. The zero-order valence-electron chi connectivity index (χ0n) is 12.5. The van der Waals surface area contributed by atoms with Gasteiger partial charge in [0.25, 0.3) is 0 Å². The van der Waals surface area contributed by atoms with Crippen molar-refractivity contribution in [1.82, 2.24) is 4.90 Å². The fraction of sp³-hybridized carbons (Fsp3) is 0.235.